The molecule has 1 aromatic rings. The lowest BCUT2D eigenvalue weighted by Gasteiger charge is -2.29. The Bertz CT molecular complexity index is 661. The summed E-state index contributed by atoms with van der Waals surface area (Å²) in [6.07, 6.45) is 0.883. The Morgan fingerprint density at radius 2 is 1.86 bits per heavy atom. The normalized spacial score (nSPS) is 19.3. The molecule has 7 nitrogen and oxygen atoms in total. The van der Waals surface area contributed by atoms with Crippen molar-refractivity contribution in [1.29, 1.82) is 0 Å². The minimum atomic E-state index is -0.424. The van der Waals surface area contributed by atoms with Gasteiger partial charge in [-0.15, -0.1) is 0 Å². The van der Waals surface area contributed by atoms with Crippen molar-refractivity contribution in [2.45, 2.75) is 26.8 Å². The van der Waals surface area contributed by atoms with Crippen LogP contribution in [0.2, 0.25) is 0 Å². The van der Waals surface area contributed by atoms with Crippen molar-refractivity contribution in [2.75, 3.05) is 46.4 Å². The number of hydrogen-bond donors (Lipinski definition) is 4. The molecule has 0 aromatic heterocycles. The summed E-state index contributed by atoms with van der Waals surface area (Å²) >= 11 is 0. The third kappa shape index (κ3) is 7.44. The number of methoxy groups -OCH3 is 1. The van der Waals surface area contributed by atoms with Crippen molar-refractivity contribution in [3.05, 3.63) is 29.6 Å². The molecule has 2 rings (SSSR count). The summed E-state index contributed by atoms with van der Waals surface area (Å²) in [7, 11) is 1.59. The number of urea groups is 1. The summed E-state index contributed by atoms with van der Waals surface area (Å²) < 4.78 is 18.8. The van der Waals surface area contributed by atoms with E-state index in [2.05, 4.69) is 24.5 Å². The van der Waals surface area contributed by atoms with Crippen LogP contribution in [0, 0.1) is 11.7 Å². The van der Waals surface area contributed by atoms with Gasteiger partial charge in [0.2, 0.25) is 0 Å². The van der Waals surface area contributed by atoms with E-state index in [1.165, 1.54) is 17.0 Å². The van der Waals surface area contributed by atoms with Crippen LogP contribution in [-0.4, -0.2) is 58.3 Å². The molecule has 0 atom stereocenters. The number of benzene rings is 1. The summed E-state index contributed by atoms with van der Waals surface area (Å²) in [6.45, 7) is 9.12. The molecule has 0 unspecified atom stereocenters. The average molecular weight is 397 g/mol. The van der Waals surface area contributed by atoms with E-state index in [0.29, 0.717) is 24.8 Å². The number of nitrogens with one attached hydrogen (secondary N) is 4. The van der Waals surface area contributed by atoms with E-state index in [0.717, 1.165) is 43.1 Å². The van der Waals surface area contributed by atoms with Gasteiger partial charge in [0.25, 0.3) is 5.91 Å². The van der Waals surface area contributed by atoms with Crippen LogP contribution in [-0.2, 0) is 11.3 Å². The number of imide groups is 1. The number of ether oxygens (including phenoxy) is 1. The fraction of sp³-hybridized carbons (Fsp3) is 0.600. The lowest BCUT2D eigenvalue weighted by Crippen LogP contribution is -3.28. The smallest absolute Gasteiger partial charge is 0.321 e. The molecule has 0 bridgehead atoms. The number of quaternary nitrogens is 2. The highest BCUT2D eigenvalue weighted by Gasteiger charge is 2.26. The number of amides is 3. The Labute approximate surface area is 166 Å². The van der Waals surface area contributed by atoms with Crippen LogP contribution in [0.1, 0.15) is 25.8 Å². The first kappa shape index (κ1) is 22.1. The van der Waals surface area contributed by atoms with Gasteiger partial charge in [0.15, 0.2) is 6.54 Å². The summed E-state index contributed by atoms with van der Waals surface area (Å²) in [5.74, 6) is 0.688. The monoisotopic (exact) mass is 396 g/mol. The highest BCUT2D eigenvalue weighted by molar-refractivity contribution is 5.94. The van der Waals surface area contributed by atoms with E-state index in [1.807, 2.05) is 0 Å². The van der Waals surface area contributed by atoms with Gasteiger partial charge in [-0.05, 0) is 30.5 Å². The molecule has 0 saturated carbocycles. The molecule has 1 fully saturated rings. The molecule has 0 radical (unpaired) electrons. The zero-order valence-corrected chi connectivity index (χ0v) is 17.1. The minimum absolute atomic E-state index is 0.257. The van der Waals surface area contributed by atoms with E-state index >= 15 is 0 Å². The summed E-state index contributed by atoms with van der Waals surface area (Å²) in [4.78, 5) is 26.3. The second-order valence-electron chi connectivity index (χ2n) is 7.80. The van der Waals surface area contributed by atoms with Gasteiger partial charge < -0.3 is 19.9 Å². The first-order valence-electron chi connectivity index (χ1n) is 9.94. The minimum Gasteiger partial charge on any atom is -0.496 e. The van der Waals surface area contributed by atoms with Crippen LogP contribution in [0.3, 0.4) is 0 Å². The molecule has 0 aliphatic carbocycles. The molecule has 0 spiro atoms. The van der Waals surface area contributed by atoms with Gasteiger partial charge in [0, 0.05) is 6.54 Å². The number of halogens is 1. The van der Waals surface area contributed by atoms with E-state index in [4.69, 9.17) is 4.74 Å². The highest BCUT2D eigenvalue weighted by Crippen LogP contribution is 2.18. The maximum atomic E-state index is 13.5. The number of hydrogen-bond acceptors (Lipinski definition) is 3. The lowest BCUT2D eigenvalue weighted by molar-refractivity contribution is -1.02. The predicted octanol–water partition coefficient (Wildman–Crippen LogP) is -1.01. The average Bonchev–Trinajstić information content (AvgIpc) is 2.63. The molecule has 1 aromatic carbocycles. The maximum Gasteiger partial charge on any atom is 0.321 e. The maximum absolute atomic E-state index is 13.5. The fourth-order valence-electron chi connectivity index (χ4n) is 3.38. The third-order valence-corrected chi connectivity index (χ3v) is 5.02. The van der Waals surface area contributed by atoms with Crippen LogP contribution >= 0.6 is 0 Å². The summed E-state index contributed by atoms with van der Waals surface area (Å²) in [6, 6.07) is 4.16. The number of carbonyl (C=O) groups excluding carboxylic acids is 2. The second kappa shape index (κ2) is 11.0. The number of rotatable bonds is 8. The van der Waals surface area contributed by atoms with Crippen LogP contribution in [0.15, 0.2) is 18.2 Å². The standard InChI is InChI=1S/C20H31FN4O3/c1-15(2)6-7-22-20(27)23-19(26)14-25-10-8-24(9-11-25)13-16-12-17(21)4-5-18(16)28-3/h4-5,12,15H,6-11,13-14H2,1-3H3,(H2,22,23,26,27)/p+2. The van der Waals surface area contributed by atoms with Crippen LogP contribution in [0.25, 0.3) is 0 Å². The van der Waals surface area contributed by atoms with Crippen LogP contribution < -0.4 is 25.2 Å². The predicted molar refractivity (Wildman–Crippen MR) is 104 cm³/mol. The lowest BCUT2D eigenvalue weighted by atomic mass is 10.1. The van der Waals surface area contributed by atoms with Crippen molar-refractivity contribution in [3.8, 4) is 5.75 Å². The topological polar surface area (TPSA) is 76.3 Å². The zero-order valence-electron chi connectivity index (χ0n) is 17.1. The van der Waals surface area contributed by atoms with Gasteiger partial charge in [-0.25, -0.2) is 9.18 Å². The summed E-state index contributed by atoms with van der Waals surface area (Å²) in [5, 5.41) is 5.10. The van der Waals surface area contributed by atoms with E-state index in [-0.39, 0.29) is 18.3 Å². The highest BCUT2D eigenvalue weighted by atomic mass is 19.1. The Morgan fingerprint density at radius 1 is 1.18 bits per heavy atom. The van der Waals surface area contributed by atoms with Gasteiger partial charge >= 0.3 is 6.03 Å². The van der Waals surface area contributed by atoms with Crippen molar-refractivity contribution in [1.82, 2.24) is 10.6 Å². The SMILES string of the molecule is COc1ccc(F)cc1C[NH+]1CC[NH+](CC(=O)NC(=O)NCCC(C)C)CC1. The Balaban J connectivity index is 1.71. The Hall–Kier alpha value is -2.19. The van der Waals surface area contributed by atoms with E-state index in [9.17, 15) is 14.0 Å². The molecule has 1 saturated heterocycles. The van der Waals surface area contributed by atoms with Gasteiger partial charge in [-0.3, -0.25) is 10.1 Å². The van der Waals surface area contributed by atoms with Crippen molar-refractivity contribution < 1.29 is 28.5 Å². The molecule has 1 aliphatic rings. The quantitative estimate of drug-likeness (QED) is 0.455. The van der Waals surface area contributed by atoms with Gasteiger partial charge in [0.1, 0.15) is 44.3 Å². The van der Waals surface area contributed by atoms with Crippen LogP contribution in [0.5, 0.6) is 5.75 Å². The van der Waals surface area contributed by atoms with Gasteiger partial charge in [-0.2, -0.15) is 0 Å². The van der Waals surface area contributed by atoms with Crippen molar-refractivity contribution >= 4 is 11.9 Å². The molecule has 156 valence electrons. The van der Waals surface area contributed by atoms with Gasteiger partial charge in [0.05, 0.1) is 12.7 Å². The van der Waals surface area contributed by atoms with E-state index < -0.39 is 6.03 Å². The molecular formula is C20H33FN4O3+2. The number of carbonyl (C=O) groups is 2. The van der Waals surface area contributed by atoms with Crippen molar-refractivity contribution in [2.24, 2.45) is 5.92 Å². The van der Waals surface area contributed by atoms with Crippen molar-refractivity contribution in [3.63, 3.8) is 0 Å². The summed E-state index contributed by atoms with van der Waals surface area (Å²) in [5.41, 5.74) is 0.858. The van der Waals surface area contributed by atoms with Gasteiger partial charge in [-0.1, -0.05) is 13.8 Å². The third-order valence-electron chi connectivity index (χ3n) is 5.02. The second-order valence-corrected chi connectivity index (χ2v) is 7.80. The molecule has 1 aliphatic heterocycles. The molecule has 1 heterocycles. The molecule has 3 amide bonds. The first-order chi connectivity index (χ1) is 13.4. The Kier molecular flexibility index (Phi) is 8.66. The number of piperazine rings is 1. The fourth-order valence-corrected chi connectivity index (χ4v) is 3.38. The van der Waals surface area contributed by atoms with E-state index in [1.54, 1.807) is 13.2 Å². The zero-order chi connectivity index (χ0) is 20.5. The molecule has 8 heteroatoms. The first-order valence-corrected chi connectivity index (χ1v) is 9.94. The van der Waals surface area contributed by atoms with Crippen LogP contribution in [0.4, 0.5) is 9.18 Å². The molecular weight excluding hydrogens is 363 g/mol. The molecule has 4 N–H and O–H groups in total. The Morgan fingerprint density at radius 3 is 2.50 bits per heavy atom. The largest absolute Gasteiger partial charge is 0.496 e. The molecule has 28 heavy (non-hydrogen) atoms.